The quantitative estimate of drug-likeness (QED) is 0.798. The highest BCUT2D eigenvalue weighted by atomic mass is 79.9. The van der Waals surface area contributed by atoms with Crippen LogP contribution in [0.2, 0.25) is 0 Å². The number of hydrogen-bond donors (Lipinski definition) is 1. The molecule has 1 unspecified atom stereocenters. The highest BCUT2D eigenvalue weighted by Gasteiger charge is 2.37. The maximum Gasteiger partial charge on any atom is 0.417 e. The van der Waals surface area contributed by atoms with Crippen LogP contribution >= 0.6 is 15.9 Å². The summed E-state index contributed by atoms with van der Waals surface area (Å²) in [6.07, 6.45) is -5.88. The lowest BCUT2D eigenvalue weighted by Crippen LogP contribution is -2.26. The van der Waals surface area contributed by atoms with E-state index in [0.717, 1.165) is 4.90 Å². The molecule has 1 saturated heterocycles. The fourth-order valence-corrected chi connectivity index (χ4v) is 2.42. The molecule has 0 bridgehead atoms. The third kappa shape index (κ3) is 2.74. The molecule has 1 aliphatic heterocycles. The number of alkyl halides is 3. The molecule has 0 aromatic heterocycles. The Morgan fingerprint density at radius 3 is 2.47 bits per heavy atom. The molecule has 1 aromatic rings. The summed E-state index contributed by atoms with van der Waals surface area (Å²) in [6, 6.07) is 1.23. The molecule has 19 heavy (non-hydrogen) atoms. The van der Waals surface area contributed by atoms with Crippen LogP contribution in [0.25, 0.3) is 0 Å². The highest BCUT2D eigenvalue weighted by molar-refractivity contribution is 9.10. The van der Waals surface area contributed by atoms with Gasteiger partial charge in [-0.1, -0.05) is 15.9 Å². The number of anilines is 1. The second kappa shape index (κ2) is 4.75. The number of rotatable bonds is 1. The van der Waals surface area contributed by atoms with Crippen molar-refractivity contribution in [1.82, 2.24) is 0 Å². The highest BCUT2D eigenvalue weighted by Crippen LogP contribution is 2.39. The van der Waals surface area contributed by atoms with Gasteiger partial charge in [0.25, 0.3) is 0 Å². The summed E-state index contributed by atoms with van der Waals surface area (Å²) >= 11 is 2.64. The van der Waals surface area contributed by atoms with Crippen molar-refractivity contribution in [3.8, 4) is 0 Å². The molecule has 1 amide bonds. The molecule has 0 radical (unpaired) electrons. The monoisotopic (exact) mass is 341 g/mol. The first kappa shape index (κ1) is 14.3. The van der Waals surface area contributed by atoms with Gasteiger partial charge in [0.15, 0.2) is 0 Å². The van der Waals surface area contributed by atoms with Crippen molar-refractivity contribution in [2.24, 2.45) is 0 Å². The summed E-state index contributed by atoms with van der Waals surface area (Å²) < 4.78 is 51.4. The van der Waals surface area contributed by atoms with Crippen LogP contribution in [-0.2, 0) is 11.0 Å². The van der Waals surface area contributed by atoms with Gasteiger partial charge in [-0.2, -0.15) is 13.2 Å². The van der Waals surface area contributed by atoms with Crippen molar-refractivity contribution >= 4 is 27.5 Å². The summed E-state index contributed by atoms with van der Waals surface area (Å²) in [5.41, 5.74) is -1.55. The van der Waals surface area contributed by atoms with Crippen molar-refractivity contribution < 1.29 is 27.5 Å². The van der Waals surface area contributed by atoms with Gasteiger partial charge in [-0.25, -0.2) is 4.39 Å². The standard InChI is InChI=1S/C11H8BrF4NO2/c12-7-3-8(13)9(2-6(7)11(14,15)16)17-4-5(18)1-10(17)19/h2-3,5,18H,1,4H2. The number of aliphatic hydroxyl groups is 1. The number of carbonyl (C=O) groups is 1. The van der Waals surface area contributed by atoms with E-state index in [0.29, 0.717) is 12.1 Å². The molecular weight excluding hydrogens is 334 g/mol. The van der Waals surface area contributed by atoms with Crippen LogP contribution in [0.15, 0.2) is 16.6 Å². The smallest absolute Gasteiger partial charge is 0.391 e. The van der Waals surface area contributed by atoms with Crippen molar-refractivity contribution in [3.05, 3.63) is 28.0 Å². The first-order valence-corrected chi connectivity index (χ1v) is 6.04. The molecule has 0 saturated carbocycles. The van der Waals surface area contributed by atoms with E-state index >= 15 is 0 Å². The Hall–Kier alpha value is -1.15. The van der Waals surface area contributed by atoms with E-state index in [1.54, 1.807) is 0 Å². The summed E-state index contributed by atoms with van der Waals surface area (Å²) in [5, 5.41) is 9.29. The van der Waals surface area contributed by atoms with Gasteiger partial charge < -0.3 is 10.0 Å². The average molecular weight is 342 g/mol. The van der Waals surface area contributed by atoms with Gasteiger partial charge in [0.1, 0.15) is 5.82 Å². The van der Waals surface area contributed by atoms with Gasteiger partial charge in [0.2, 0.25) is 5.91 Å². The van der Waals surface area contributed by atoms with E-state index in [1.165, 1.54) is 0 Å². The molecule has 2 rings (SSSR count). The molecule has 8 heteroatoms. The second-order valence-electron chi connectivity index (χ2n) is 4.14. The Morgan fingerprint density at radius 2 is 2.00 bits per heavy atom. The molecule has 1 atom stereocenters. The largest absolute Gasteiger partial charge is 0.417 e. The SMILES string of the molecule is O=C1CC(O)CN1c1cc(C(F)(F)F)c(Br)cc1F. The minimum Gasteiger partial charge on any atom is -0.391 e. The van der Waals surface area contributed by atoms with Gasteiger partial charge >= 0.3 is 6.18 Å². The van der Waals surface area contributed by atoms with Crippen LogP contribution < -0.4 is 4.90 Å². The lowest BCUT2D eigenvalue weighted by Gasteiger charge is -2.19. The van der Waals surface area contributed by atoms with Crippen LogP contribution in [0.5, 0.6) is 0 Å². The molecule has 104 valence electrons. The maximum absolute atomic E-state index is 13.7. The zero-order valence-electron chi connectivity index (χ0n) is 9.34. The van der Waals surface area contributed by atoms with E-state index in [4.69, 9.17) is 0 Å². The lowest BCUT2D eigenvalue weighted by molar-refractivity contribution is -0.138. The van der Waals surface area contributed by atoms with Gasteiger partial charge in [0, 0.05) is 4.47 Å². The molecule has 1 aromatic carbocycles. The molecule has 0 aliphatic carbocycles. The molecule has 1 aliphatic rings. The summed E-state index contributed by atoms with van der Waals surface area (Å²) in [6.45, 7) is -0.214. The third-order valence-corrected chi connectivity index (χ3v) is 3.39. The van der Waals surface area contributed by atoms with Gasteiger partial charge in [-0.05, 0) is 12.1 Å². The number of nitrogens with zero attached hydrogens (tertiary/aromatic N) is 1. The number of benzene rings is 1. The van der Waals surface area contributed by atoms with Gasteiger partial charge in [0.05, 0.1) is 30.3 Å². The Balaban J connectivity index is 2.49. The molecular formula is C11H8BrF4NO2. The second-order valence-corrected chi connectivity index (χ2v) is 5.00. The Bertz CT molecular complexity index is 532. The first-order chi connectivity index (χ1) is 8.70. The Morgan fingerprint density at radius 1 is 1.37 bits per heavy atom. The van der Waals surface area contributed by atoms with Crippen LogP contribution in [-0.4, -0.2) is 23.7 Å². The summed E-state index contributed by atoms with van der Waals surface area (Å²) in [7, 11) is 0. The zero-order chi connectivity index (χ0) is 14.4. The number of carbonyl (C=O) groups excluding carboxylic acids is 1. The number of amides is 1. The minimum atomic E-state index is -4.66. The predicted molar refractivity (Wildman–Crippen MR) is 62.1 cm³/mol. The van der Waals surface area contributed by atoms with E-state index in [2.05, 4.69) is 15.9 Å². The molecule has 1 N–H and O–H groups in total. The molecule has 0 spiro atoms. The number of halogens is 5. The van der Waals surface area contributed by atoms with Crippen LogP contribution in [0.3, 0.4) is 0 Å². The number of hydrogen-bond acceptors (Lipinski definition) is 2. The predicted octanol–water partition coefficient (Wildman–Crippen LogP) is 2.70. The van der Waals surface area contributed by atoms with E-state index in [9.17, 15) is 27.5 Å². The molecule has 1 heterocycles. The molecule has 3 nitrogen and oxygen atoms in total. The number of aliphatic hydroxyl groups excluding tert-OH is 1. The van der Waals surface area contributed by atoms with E-state index in [1.807, 2.05) is 0 Å². The molecule has 1 fully saturated rings. The van der Waals surface area contributed by atoms with Crippen LogP contribution in [0.4, 0.5) is 23.2 Å². The maximum atomic E-state index is 13.7. The summed E-state index contributed by atoms with van der Waals surface area (Å²) in [4.78, 5) is 12.3. The number of β-amino-alcohol motifs (C(OH)–C–C–N with tert-alkyl or cyclic N) is 1. The van der Waals surface area contributed by atoms with Crippen LogP contribution in [0, 0.1) is 5.82 Å². The van der Waals surface area contributed by atoms with Gasteiger partial charge in [-0.3, -0.25) is 4.79 Å². The van der Waals surface area contributed by atoms with Crippen molar-refractivity contribution in [2.75, 3.05) is 11.4 Å². The Labute approximate surface area is 113 Å². The van der Waals surface area contributed by atoms with E-state index in [-0.39, 0.29) is 13.0 Å². The van der Waals surface area contributed by atoms with Gasteiger partial charge in [-0.15, -0.1) is 0 Å². The lowest BCUT2D eigenvalue weighted by atomic mass is 10.1. The van der Waals surface area contributed by atoms with Crippen molar-refractivity contribution in [2.45, 2.75) is 18.7 Å². The topological polar surface area (TPSA) is 40.5 Å². The minimum absolute atomic E-state index is 0.214. The third-order valence-electron chi connectivity index (χ3n) is 2.74. The Kier molecular flexibility index (Phi) is 3.57. The van der Waals surface area contributed by atoms with E-state index < -0.39 is 39.7 Å². The fourth-order valence-electron chi connectivity index (χ4n) is 1.88. The summed E-state index contributed by atoms with van der Waals surface area (Å²) in [5.74, 6) is -1.57. The van der Waals surface area contributed by atoms with Crippen molar-refractivity contribution in [1.29, 1.82) is 0 Å². The average Bonchev–Trinajstić information content (AvgIpc) is 2.55. The first-order valence-electron chi connectivity index (χ1n) is 5.25. The van der Waals surface area contributed by atoms with Crippen LogP contribution in [0.1, 0.15) is 12.0 Å². The normalized spacial score (nSPS) is 20.2. The zero-order valence-corrected chi connectivity index (χ0v) is 10.9. The fraction of sp³-hybridized carbons (Fsp3) is 0.364. The van der Waals surface area contributed by atoms with Crippen molar-refractivity contribution in [3.63, 3.8) is 0 Å².